The van der Waals surface area contributed by atoms with Crippen molar-refractivity contribution in [1.82, 2.24) is 5.32 Å². The van der Waals surface area contributed by atoms with Crippen molar-refractivity contribution >= 4 is 17.3 Å². The van der Waals surface area contributed by atoms with Gasteiger partial charge in [-0.2, -0.15) is 0 Å². The van der Waals surface area contributed by atoms with Gasteiger partial charge in [0.25, 0.3) is 5.91 Å². The average Bonchev–Trinajstić information content (AvgIpc) is 2.80. The van der Waals surface area contributed by atoms with Gasteiger partial charge < -0.3 is 21.6 Å². The Kier molecular flexibility index (Phi) is 7.14. The quantitative estimate of drug-likeness (QED) is 0.436. The number of carbonyl (C=O) groups is 1. The predicted molar refractivity (Wildman–Crippen MR) is 120 cm³/mol. The normalized spacial score (nSPS) is 12.2. The van der Waals surface area contributed by atoms with Gasteiger partial charge in [0, 0.05) is 29.3 Å². The third-order valence-corrected chi connectivity index (χ3v) is 4.87. The van der Waals surface area contributed by atoms with Crippen molar-refractivity contribution in [3.8, 4) is 0 Å². The summed E-state index contributed by atoms with van der Waals surface area (Å²) in [4.78, 5) is 12.8. The Morgan fingerprint density at radius 2 is 1.50 bits per heavy atom. The zero-order chi connectivity index (χ0) is 21.3. The van der Waals surface area contributed by atoms with Gasteiger partial charge in [0.15, 0.2) is 0 Å². The summed E-state index contributed by atoms with van der Waals surface area (Å²) in [5.74, 6) is -0.468. The van der Waals surface area contributed by atoms with Gasteiger partial charge in [0.1, 0.15) is 0 Å². The lowest BCUT2D eigenvalue weighted by Crippen LogP contribution is -2.30. The van der Waals surface area contributed by atoms with Crippen molar-refractivity contribution in [1.29, 1.82) is 5.41 Å². The molecular formula is C25H25N3O2. The molecule has 1 amide bonds. The molecule has 0 fully saturated rings. The van der Waals surface area contributed by atoms with E-state index in [9.17, 15) is 9.90 Å². The van der Waals surface area contributed by atoms with Crippen LogP contribution in [0.3, 0.4) is 0 Å². The summed E-state index contributed by atoms with van der Waals surface area (Å²) in [5, 5.41) is 20.9. The van der Waals surface area contributed by atoms with Crippen LogP contribution in [0.25, 0.3) is 5.70 Å². The maximum absolute atomic E-state index is 12.8. The molecule has 0 aliphatic rings. The van der Waals surface area contributed by atoms with E-state index in [-0.39, 0.29) is 24.1 Å². The Bertz CT molecular complexity index is 1030. The van der Waals surface area contributed by atoms with E-state index in [0.717, 1.165) is 11.1 Å². The minimum atomic E-state index is -0.275. The standard InChI is InChI=1S/C25H25N3O2/c26-23(19-11-5-2-6-12-19)15-24(27)21-13-7-8-14-22(21)25(30)28-16-20(17-29)18-9-3-1-4-10-18/h1-15,20,26,29H,16-17,27H2,(H,28,30). The van der Waals surface area contributed by atoms with Gasteiger partial charge in [-0.05, 0) is 23.3 Å². The zero-order valence-corrected chi connectivity index (χ0v) is 16.6. The van der Waals surface area contributed by atoms with E-state index in [2.05, 4.69) is 5.32 Å². The molecule has 0 aromatic heterocycles. The number of amides is 1. The summed E-state index contributed by atoms with van der Waals surface area (Å²) in [5.41, 5.74) is 9.56. The van der Waals surface area contributed by atoms with Crippen molar-refractivity contribution in [2.75, 3.05) is 13.2 Å². The Labute approximate surface area is 176 Å². The van der Waals surface area contributed by atoms with Crippen molar-refractivity contribution in [2.45, 2.75) is 5.92 Å². The molecule has 3 rings (SSSR count). The Morgan fingerprint density at radius 3 is 2.13 bits per heavy atom. The Morgan fingerprint density at radius 1 is 0.933 bits per heavy atom. The summed E-state index contributed by atoms with van der Waals surface area (Å²) in [6.45, 7) is 0.235. The van der Waals surface area contributed by atoms with E-state index >= 15 is 0 Å². The van der Waals surface area contributed by atoms with Crippen LogP contribution in [-0.4, -0.2) is 29.9 Å². The minimum absolute atomic E-state index is 0.0672. The van der Waals surface area contributed by atoms with Crippen molar-refractivity contribution < 1.29 is 9.90 Å². The van der Waals surface area contributed by atoms with Crippen molar-refractivity contribution in [2.24, 2.45) is 5.73 Å². The largest absolute Gasteiger partial charge is 0.398 e. The van der Waals surface area contributed by atoms with Crippen LogP contribution in [0.15, 0.2) is 91.0 Å². The monoisotopic (exact) mass is 399 g/mol. The number of nitrogens with two attached hydrogens (primary N) is 1. The molecule has 5 heteroatoms. The summed E-state index contributed by atoms with van der Waals surface area (Å²) < 4.78 is 0. The molecule has 0 bridgehead atoms. The second-order valence-corrected chi connectivity index (χ2v) is 6.93. The fraction of sp³-hybridized carbons (Fsp3) is 0.120. The predicted octanol–water partition coefficient (Wildman–Crippen LogP) is 3.56. The number of carbonyl (C=O) groups excluding carboxylic acids is 1. The molecule has 0 heterocycles. The molecule has 152 valence electrons. The Hall–Kier alpha value is -3.70. The van der Waals surface area contributed by atoms with E-state index in [1.165, 1.54) is 0 Å². The number of benzene rings is 3. The highest BCUT2D eigenvalue weighted by Crippen LogP contribution is 2.18. The first-order chi connectivity index (χ1) is 14.6. The van der Waals surface area contributed by atoms with Gasteiger partial charge in [-0.1, -0.05) is 78.9 Å². The number of allylic oxidation sites excluding steroid dienone is 1. The van der Waals surface area contributed by atoms with Gasteiger partial charge in [0.2, 0.25) is 0 Å². The molecule has 0 radical (unpaired) electrons. The number of aliphatic hydroxyl groups excluding tert-OH is 1. The summed E-state index contributed by atoms with van der Waals surface area (Å²) in [6.07, 6.45) is 1.56. The molecule has 5 nitrogen and oxygen atoms in total. The first kappa shape index (κ1) is 21.0. The molecule has 5 N–H and O–H groups in total. The number of rotatable bonds is 8. The molecule has 0 saturated heterocycles. The average molecular weight is 399 g/mol. The lowest BCUT2D eigenvalue weighted by atomic mass is 9.99. The smallest absolute Gasteiger partial charge is 0.251 e. The van der Waals surface area contributed by atoms with Crippen LogP contribution in [0.1, 0.15) is 33.0 Å². The van der Waals surface area contributed by atoms with E-state index in [0.29, 0.717) is 23.4 Å². The van der Waals surface area contributed by atoms with Crippen LogP contribution in [0.4, 0.5) is 0 Å². The van der Waals surface area contributed by atoms with Gasteiger partial charge in [-0.3, -0.25) is 4.79 Å². The van der Waals surface area contributed by atoms with Crippen LogP contribution in [0.5, 0.6) is 0 Å². The Balaban J connectivity index is 1.76. The summed E-state index contributed by atoms with van der Waals surface area (Å²) in [6, 6.07) is 25.9. The molecule has 3 aromatic carbocycles. The number of nitrogens with one attached hydrogen (secondary N) is 2. The molecular weight excluding hydrogens is 374 g/mol. The molecule has 1 unspecified atom stereocenters. The van der Waals surface area contributed by atoms with Gasteiger partial charge in [-0.25, -0.2) is 0 Å². The minimum Gasteiger partial charge on any atom is -0.398 e. The number of aliphatic hydroxyl groups is 1. The highest BCUT2D eigenvalue weighted by molar-refractivity contribution is 6.11. The van der Waals surface area contributed by atoms with Crippen molar-refractivity contribution in [3.63, 3.8) is 0 Å². The molecule has 0 saturated carbocycles. The first-order valence-electron chi connectivity index (χ1n) is 9.74. The lowest BCUT2D eigenvalue weighted by Gasteiger charge is -2.16. The van der Waals surface area contributed by atoms with Gasteiger partial charge in [0.05, 0.1) is 12.3 Å². The van der Waals surface area contributed by atoms with E-state index in [1.807, 2.05) is 60.7 Å². The van der Waals surface area contributed by atoms with E-state index < -0.39 is 0 Å². The SMILES string of the molecule is N=C(C=C(N)c1ccccc1C(=O)NCC(CO)c1ccccc1)c1ccccc1. The third kappa shape index (κ3) is 5.21. The molecule has 3 aromatic rings. The second kappa shape index (κ2) is 10.2. The topological polar surface area (TPSA) is 99.2 Å². The maximum atomic E-state index is 12.8. The molecule has 0 aliphatic heterocycles. The summed E-state index contributed by atoms with van der Waals surface area (Å²) in [7, 11) is 0. The highest BCUT2D eigenvalue weighted by atomic mass is 16.3. The fourth-order valence-electron chi connectivity index (χ4n) is 3.19. The highest BCUT2D eigenvalue weighted by Gasteiger charge is 2.16. The lowest BCUT2D eigenvalue weighted by molar-refractivity contribution is 0.0947. The number of hydrogen-bond donors (Lipinski definition) is 4. The van der Waals surface area contributed by atoms with Crippen LogP contribution in [-0.2, 0) is 0 Å². The fourth-order valence-corrected chi connectivity index (χ4v) is 3.19. The molecule has 1 atom stereocenters. The van der Waals surface area contributed by atoms with Gasteiger partial charge >= 0.3 is 0 Å². The third-order valence-electron chi connectivity index (χ3n) is 4.87. The summed E-state index contributed by atoms with van der Waals surface area (Å²) >= 11 is 0. The van der Waals surface area contributed by atoms with Crippen LogP contribution < -0.4 is 11.1 Å². The van der Waals surface area contributed by atoms with Crippen molar-refractivity contribution in [3.05, 3.63) is 113 Å². The van der Waals surface area contributed by atoms with E-state index in [1.54, 1.807) is 30.3 Å². The molecule has 0 aliphatic carbocycles. The maximum Gasteiger partial charge on any atom is 0.251 e. The zero-order valence-electron chi connectivity index (χ0n) is 16.6. The van der Waals surface area contributed by atoms with Crippen LogP contribution in [0.2, 0.25) is 0 Å². The van der Waals surface area contributed by atoms with Crippen LogP contribution in [0, 0.1) is 5.41 Å². The first-order valence-corrected chi connectivity index (χ1v) is 9.74. The van der Waals surface area contributed by atoms with Gasteiger partial charge in [-0.15, -0.1) is 0 Å². The van der Waals surface area contributed by atoms with Crippen LogP contribution >= 0.6 is 0 Å². The molecule has 0 spiro atoms. The molecule has 30 heavy (non-hydrogen) atoms. The number of hydrogen-bond acceptors (Lipinski definition) is 4. The second-order valence-electron chi connectivity index (χ2n) is 6.93. The van der Waals surface area contributed by atoms with E-state index in [4.69, 9.17) is 11.1 Å².